The van der Waals surface area contributed by atoms with Crippen molar-refractivity contribution in [3.05, 3.63) is 35.4 Å². The van der Waals surface area contributed by atoms with E-state index in [0.29, 0.717) is 6.61 Å². The van der Waals surface area contributed by atoms with E-state index in [2.05, 4.69) is 70.2 Å². The van der Waals surface area contributed by atoms with Crippen LogP contribution in [0.2, 0.25) is 13.1 Å². The fourth-order valence-corrected chi connectivity index (χ4v) is 2.29. The average molecular weight is 303 g/mol. The van der Waals surface area contributed by atoms with Crippen LogP contribution in [0.3, 0.4) is 0 Å². The Morgan fingerprint density at radius 3 is 2.43 bits per heavy atom. The molecule has 0 N–H and O–H groups in total. The van der Waals surface area contributed by atoms with E-state index in [1.165, 1.54) is 11.1 Å². The zero-order valence-electron chi connectivity index (χ0n) is 14.1. The first-order valence-electron chi connectivity index (χ1n) is 7.37. The summed E-state index contributed by atoms with van der Waals surface area (Å²) in [5, 5.41) is 0. The molecule has 2 nitrogen and oxygen atoms in total. The SMILES string of the molecule is COCc1cccc(C[C@H](C#CO[Si](C)C)C(C)(C)C)c1. The normalized spacial score (nSPS) is 12.7. The fraction of sp³-hybridized carbons (Fsp3) is 0.556. The van der Waals surface area contributed by atoms with Gasteiger partial charge in [0.1, 0.15) is 0 Å². The summed E-state index contributed by atoms with van der Waals surface area (Å²) in [6.45, 7) is 11.5. The predicted molar refractivity (Wildman–Crippen MR) is 90.1 cm³/mol. The number of ether oxygens (including phenoxy) is 1. The first-order chi connectivity index (χ1) is 9.82. The van der Waals surface area contributed by atoms with Gasteiger partial charge in [0.05, 0.1) is 12.7 Å². The summed E-state index contributed by atoms with van der Waals surface area (Å²) < 4.78 is 10.7. The average Bonchev–Trinajstić information content (AvgIpc) is 2.37. The zero-order chi connectivity index (χ0) is 15.9. The summed E-state index contributed by atoms with van der Waals surface area (Å²) in [6.07, 6.45) is 3.86. The topological polar surface area (TPSA) is 18.5 Å². The molecular formula is C18H27O2Si. The molecule has 1 atom stereocenters. The summed E-state index contributed by atoms with van der Waals surface area (Å²) >= 11 is 0. The number of rotatable bonds is 5. The molecule has 115 valence electrons. The van der Waals surface area contributed by atoms with Crippen LogP contribution in [0.4, 0.5) is 0 Å². The quantitative estimate of drug-likeness (QED) is 0.597. The van der Waals surface area contributed by atoms with Crippen molar-refractivity contribution < 1.29 is 9.16 Å². The maximum absolute atomic E-state index is 5.49. The molecule has 0 aromatic heterocycles. The van der Waals surface area contributed by atoms with Crippen LogP contribution >= 0.6 is 0 Å². The Hall–Kier alpha value is -1.24. The molecule has 0 saturated carbocycles. The van der Waals surface area contributed by atoms with Gasteiger partial charge < -0.3 is 9.16 Å². The van der Waals surface area contributed by atoms with Crippen LogP contribution in [-0.4, -0.2) is 16.2 Å². The second-order valence-corrected chi connectivity index (χ2v) is 8.65. The Bertz CT molecular complexity index is 492. The molecular weight excluding hydrogens is 276 g/mol. The maximum atomic E-state index is 5.49. The first-order valence-corrected chi connectivity index (χ1v) is 9.78. The Morgan fingerprint density at radius 2 is 1.86 bits per heavy atom. The number of hydrogen-bond acceptors (Lipinski definition) is 2. The van der Waals surface area contributed by atoms with E-state index in [1.54, 1.807) is 7.11 Å². The highest BCUT2D eigenvalue weighted by Gasteiger charge is 2.23. The Morgan fingerprint density at radius 1 is 1.19 bits per heavy atom. The van der Waals surface area contributed by atoms with Gasteiger partial charge in [0.2, 0.25) is 0 Å². The molecule has 1 radical (unpaired) electrons. The van der Waals surface area contributed by atoms with Gasteiger partial charge in [-0.3, -0.25) is 0 Å². The summed E-state index contributed by atoms with van der Waals surface area (Å²) in [7, 11) is 0.973. The minimum absolute atomic E-state index is 0.127. The fourth-order valence-electron chi connectivity index (χ4n) is 2.03. The lowest BCUT2D eigenvalue weighted by molar-refractivity contribution is 0.185. The van der Waals surface area contributed by atoms with Gasteiger partial charge in [-0.15, -0.1) is 0 Å². The molecule has 3 heteroatoms. The zero-order valence-corrected chi connectivity index (χ0v) is 15.1. The highest BCUT2D eigenvalue weighted by atomic mass is 28.3. The van der Waals surface area contributed by atoms with Crippen molar-refractivity contribution in [3.8, 4) is 12.0 Å². The third-order valence-corrected chi connectivity index (χ3v) is 3.79. The van der Waals surface area contributed by atoms with Crippen LogP contribution in [-0.2, 0) is 22.2 Å². The Labute approximate surface area is 131 Å². The standard InChI is InChI=1S/C18H27O2Si/c1-18(2,3)17(10-11-20-21(5)6)13-15-8-7-9-16(12-15)14-19-4/h7-9,12,17H,13-14H2,1-6H3/t17-/m0/s1. The first kappa shape index (κ1) is 17.8. The van der Waals surface area contributed by atoms with Crippen LogP contribution in [0.25, 0.3) is 0 Å². The van der Waals surface area contributed by atoms with Gasteiger partial charge in [-0.2, -0.15) is 0 Å². The van der Waals surface area contributed by atoms with Crippen molar-refractivity contribution >= 4 is 9.04 Å². The lowest BCUT2D eigenvalue weighted by atomic mass is 9.77. The third kappa shape index (κ3) is 6.84. The Kier molecular flexibility index (Phi) is 7.00. The molecule has 0 fully saturated rings. The van der Waals surface area contributed by atoms with Crippen molar-refractivity contribution in [1.82, 2.24) is 0 Å². The summed E-state index contributed by atoms with van der Waals surface area (Å²) in [5.74, 6) is 3.59. The number of benzene rings is 1. The number of methoxy groups -OCH3 is 1. The van der Waals surface area contributed by atoms with Gasteiger partial charge in [-0.25, -0.2) is 0 Å². The van der Waals surface area contributed by atoms with Gasteiger partial charge in [-0.05, 0) is 36.1 Å². The van der Waals surface area contributed by atoms with Crippen molar-refractivity contribution in [2.45, 2.75) is 46.9 Å². The van der Waals surface area contributed by atoms with E-state index in [-0.39, 0.29) is 11.3 Å². The molecule has 1 rings (SSSR count). The van der Waals surface area contributed by atoms with Crippen molar-refractivity contribution in [3.63, 3.8) is 0 Å². The second kappa shape index (κ2) is 8.26. The smallest absolute Gasteiger partial charge is 0.289 e. The highest BCUT2D eigenvalue weighted by Crippen LogP contribution is 2.28. The molecule has 1 aromatic carbocycles. The Balaban J connectivity index is 2.85. The van der Waals surface area contributed by atoms with E-state index in [4.69, 9.17) is 9.16 Å². The van der Waals surface area contributed by atoms with Crippen LogP contribution in [0.15, 0.2) is 24.3 Å². The van der Waals surface area contributed by atoms with Gasteiger partial charge in [0, 0.05) is 13.0 Å². The molecule has 0 aliphatic heterocycles. The molecule has 0 heterocycles. The molecule has 0 saturated heterocycles. The van der Waals surface area contributed by atoms with Gasteiger partial charge >= 0.3 is 0 Å². The molecule has 0 spiro atoms. The highest BCUT2D eigenvalue weighted by molar-refractivity contribution is 6.48. The van der Waals surface area contributed by atoms with Crippen molar-refractivity contribution in [2.24, 2.45) is 11.3 Å². The number of hydrogen-bond donors (Lipinski definition) is 0. The van der Waals surface area contributed by atoms with E-state index in [0.717, 1.165) is 6.42 Å². The van der Waals surface area contributed by atoms with Crippen LogP contribution < -0.4 is 0 Å². The molecule has 0 bridgehead atoms. The molecule has 1 aromatic rings. The molecule has 21 heavy (non-hydrogen) atoms. The maximum Gasteiger partial charge on any atom is 0.289 e. The van der Waals surface area contributed by atoms with Crippen molar-refractivity contribution in [2.75, 3.05) is 7.11 Å². The minimum atomic E-state index is -0.751. The molecule has 0 unspecified atom stereocenters. The van der Waals surface area contributed by atoms with Gasteiger partial charge in [0.25, 0.3) is 9.04 Å². The minimum Gasteiger partial charge on any atom is -0.500 e. The van der Waals surface area contributed by atoms with Crippen LogP contribution in [0.5, 0.6) is 0 Å². The van der Waals surface area contributed by atoms with E-state index >= 15 is 0 Å². The summed E-state index contributed by atoms with van der Waals surface area (Å²) in [5.41, 5.74) is 2.64. The molecule has 0 aliphatic carbocycles. The van der Waals surface area contributed by atoms with Gasteiger partial charge in [-0.1, -0.05) is 51.0 Å². The predicted octanol–water partition coefficient (Wildman–Crippen LogP) is 4.27. The van der Waals surface area contributed by atoms with Crippen molar-refractivity contribution in [1.29, 1.82) is 0 Å². The lowest BCUT2D eigenvalue weighted by Gasteiger charge is -2.26. The largest absolute Gasteiger partial charge is 0.500 e. The van der Waals surface area contributed by atoms with Gasteiger partial charge in [0.15, 0.2) is 0 Å². The van der Waals surface area contributed by atoms with Crippen LogP contribution in [0, 0.1) is 23.4 Å². The van der Waals surface area contributed by atoms with Crippen LogP contribution in [0.1, 0.15) is 31.9 Å². The lowest BCUT2D eigenvalue weighted by Crippen LogP contribution is -2.21. The molecule has 0 amide bonds. The second-order valence-electron chi connectivity index (χ2n) is 6.63. The monoisotopic (exact) mass is 303 g/mol. The summed E-state index contributed by atoms with van der Waals surface area (Å²) in [4.78, 5) is 0. The van der Waals surface area contributed by atoms with E-state index < -0.39 is 9.04 Å². The van der Waals surface area contributed by atoms with E-state index in [1.807, 2.05) is 0 Å². The summed E-state index contributed by atoms with van der Waals surface area (Å²) in [6, 6.07) is 8.55. The third-order valence-electron chi connectivity index (χ3n) is 3.28. The van der Waals surface area contributed by atoms with E-state index in [9.17, 15) is 0 Å². The molecule has 0 aliphatic rings.